The van der Waals surface area contributed by atoms with Gasteiger partial charge in [0.1, 0.15) is 11.7 Å². The number of benzene rings is 1. The lowest BCUT2D eigenvalue weighted by Crippen LogP contribution is -2.30. The minimum atomic E-state index is -2.47. The first kappa shape index (κ1) is 11.4. The number of rotatable bonds is 1. The predicted molar refractivity (Wildman–Crippen MR) is 66.5 cm³/mol. The molecule has 4 heteroatoms. The van der Waals surface area contributed by atoms with Crippen LogP contribution in [0.2, 0.25) is 0 Å². The SMILES string of the molecule is C[C@]1(O)CC[P@](=O)(c2ccccc2)[C@H]1Br. The zero-order valence-corrected chi connectivity index (χ0v) is 11.0. The summed E-state index contributed by atoms with van der Waals surface area (Å²) in [4.78, 5) is 0. The summed E-state index contributed by atoms with van der Waals surface area (Å²) in [6, 6.07) is 9.46. The molecule has 1 aromatic rings. The van der Waals surface area contributed by atoms with E-state index in [1.807, 2.05) is 30.3 Å². The third-order valence-corrected chi connectivity index (χ3v) is 9.34. The lowest BCUT2D eigenvalue weighted by atomic mass is 10.1. The third kappa shape index (κ3) is 1.82. The van der Waals surface area contributed by atoms with Gasteiger partial charge in [-0.1, -0.05) is 46.3 Å². The van der Waals surface area contributed by atoms with Gasteiger partial charge in [0.2, 0.25) is 0 Å². The van der Waals surface area contributed by atoms with E-state index in [9.17, 15) is 9.67 Å². The van der Waals surface area contributed by atoms with Crippen molar-refractivity contribution in [1.29, 1.82) is 0 Å². The Kier molecular flexibility index (Phi) is 2.83. The van der Waals surface area contributed by atoms with Crippen molar-refractivity contribution in [2.75, 3.05) is 6.16 Å². The summed E-state index contributed by atoms with van der Waals surface area (Å²) in [6.45, 7) is 1.75. The van der Waals surface area contributed by atoms with E-state index in [4.69, 9.17) is 0 Å². The molecule has 1 aromatic carbocycles. The highest BCUT2D eigenvalue weighted by molar-refractivity contribution is 9.11. The molecule has 0 radical (unpaired) electrons. The molecule has 0 saturated carbocycles. The molecule has 0 aromatic heterocycles. The molecule has 0 unspecified atom stereocenters. The Morgan fingerprint density at radius 1 is 1.47 bits per heavy atom. The Balaban J connectivity index is 2.42. The smallest absolute Gasteiger partial charge is 0.131 e. The van der Waals surface area contributed by atoms with Gasteiger partial charge in [-0.15, -0.1) is 0 Å². The molecule has 0 spiro atoms. The second-order valence-electron chi connectivity index (χ2n) is 4.30. The van der Waals surface area contributed by atoms with E-state index in [1.165, 1.54) is 0 Å². The van der Waals surface area contributed by atoms with Gasteiger partial charge in [0, 0.05) is 11.5 Å². The van der Waals surface area contributed by atoms with Crippen LogP contribution in [0.1, 0.15) is 13.3 Å². The third-order valence-electron chi connectivity index (χ3n) is 3.02. The first-order valence-electron chi connectivity index (χ1n) is 4.98. The highest BCUT2D eigenvalue weighted by Gasteiger charge is 2.50. The van der Waals surface area contributed by atoms with Crippen molar-refractivity contribution in [3.05, 3.63) is 30.3 Å². The predicted octanol–water partition coefficient (Wildman–Crippen LogP) is 2.55. The highest BCUT2D eigenvalue weighted by Crippen LogP contribution is 2.62. The number of alkyl halides is 1. The number of hydrogen-bond donors (Lipinski definition) is 1. The van der Waals surface area contributed by atoms with Gasteiger partial charge in [-0.2, -0.15) is 0 Å². The Bertz CT molecular complexity index is 402. The van der Waals surface area contributed by atoms with Crippen LogP contribution in [0, 0.1) is 0 Å². The first-order valence-corrected chi connectivity index (χ1v) is 7.85. The molecule has 82 valence electrons. The molecule has 1 heterocycles. The molecule has 0 bridgehead atoms. The van der Waals surface area contributed by atoms with Gasteiger partial charge in [0.05, 0.1) is 5.60 Å². The maximum atomic E-state index is 12.8. The van der Waals surface area contributed by atoms with Crippen LogP contribution in [0.25, 0.3) is 0 Å². The van der Waals surface area contributed by atoms with Gasteiger partial charge in [0.25, 0.3) is 0 Å². The number of halogens is 1. The Morgan fingerprint density at radius 3 is 2.53 bits per heavy atom. The molecule has 15 heavy (non-hydrogen) atoms. The van der Waals surface area contributed by atoms with Crippen molar-refractivity contribution >= 4 is 28.4 Å². The number of hydrogen-bond acceptors (Lipinski definition) is 2. The highest BCUT2D eigenvalue weighted by atomic mass is 79.9. The molecule has 2 nitrogen and oxygen atoms in total. The molecule has 1 aliphatic rings. The van der Waals surface area contributed by atoms with Crippen molar-refractivity contribution in [3.63, 3.8) is 0 Å². The fraction of sp³-hybridized carbons (Fsp3) is 0.455. The molecule has 3 atom stereocenters. The molecule has 1 aliphatic heterocycles. The average molecular weight is 289 g/mol. The van der Waals surface area contributed by atoms with E-state index in [0.29, 0.717) is 12.6 Å². The molecule has 1 saturated heterocycles. The van der Waals surface area contributed by atoms with Crippen LogP contribution in [-0.2, 0) is 4.57 Å². The fourth-order valence-corrected chi connectivity index (χ4v) is 6.80. The van der Waals surface area contributed by atoms with Gasteiger partial charge in [-0.05, 0) is 13.3 Å². The lowest BCUT2D eigenvalue weighted by Gasteiger charge is -2.24. The van der Waals surface area contributed by atoms with Crippen molar-refractivity contribution in [2.45, 2.75) is 23.5 Å². The van der Waals surface area contributed by atoms with Crippen LogP contribution < -0.4 is 5.30 Å². The summed E-state index contributed by atoms with van der Waals surface area (Å²) in [6.07, 6.45) is 1.18. The molecule has 1 fully saturated rings. The maximum Gasteiger partial charge on any atom is 0.131 e. The van der Waals surface area contributed by atoms with E-state index >= 15 is 0 Å². The molecule has 2 rings (SSSR count). The standard InChI is InChI=1S/C11H14BrO2P/c1-11(13)7-8-15(14,10(11)12)9-5-3-2-4-6-9/h2-6,10,13H,7-8H2,1H3/t10-,11+,15+/m1/s1. The summed E-state index contributed by atoms with van der Waals surface area (Å²) < 4.78 is 12.4. The Labute approximate surface area is 98.2 Å². The van der Waals surface area contributed by atoms with Gasteiger partial charge >= 0.3 is 0 Å². The molecule has 1 N–H and O–H groups in total. The molecular weight excluding hydrogens is 275 g/mol. The van der Waals surface area contributed by atoms with Crippen LogP contribution in [0.4, 0.5) is 0 Å². The van der Waals surface area contributed by atoms with E-state index in [0.717, 1.165) is 5.30 Å². The van der Waals surface area contributed by atoms with Crippen LogP contribution in [-0.4, -0.2) is 21.4 Å². The quantitative estimate of drug-likeness (QED) is 0.637. The number of aliphatic hydroxyl groups is 1. The first-order chi connectivity index (χ1) is 6.97. The average Bonchev–Trinajstić information content (AvgIpc) is 2.45. The van der Waals surface area contributed by atoms with Gasteiger partial charge in [-0.25, -0.2) is 0 Å². The van der Waals surface area contributed by atoms with E-state index in [2.05, 4.69) is 15.9 Å². The van der Waals surface area contributed by atoms with Crippen LogP contribution in [0.5, 0.6) is 0 Å². The van der Waals surface area contributed by atoms with Crippen molar-refractivity contribution < 1.29 is 9.67 Å². The second-order valence-corrected chi connectivity index (χ2v) is 8.99. The largest absolute Gasteiger partial charge is 0.388 e. The second kappa shape index (κ2) is 3.73. The summed E-state index contributed by atoms with van der Waals surface area (Å²) in [5.74, 6) is 0. The Hall–Kier alpha value is -0.110. The van der Waals surface area contributed by atoms with E-state index in [-0.39, 0.29) is 4.57 Å². The summed E-state index contributed by atoms with van der Waals surface area (Å²) in [5.41, 5.74) is -0.856. The van der Waals surface area contributed by atoms with Crippen LogP contribution in [0.3, 0.4) is 0 Å². The minimum Gasteiger partial charge on any atom is -0.388 e. The molecule has 0 aliphatic carbocycles. The zero-order chi connectivity index (χ0) is 11.1. The van der Waals surface area contributed by atoms with E-state index in [1.54, 1.807) is 6.92 Å². The van der Waals surface area contributed by atoms with Crippen LogP contribution >= 0.6 is 23.1 Å². The molecule has 0 amide bonds. The van der Waals surface area contributed by atoms with Gasteiger partial charge in [-0.3, -0.25) is 0 Å². The molecular formula is C11H14BrO2P. The van der Waals surface area contributed by atoms with Crippen molar-refractivity contribution in [2.24, 2.45) is 0 Å². The summed E-state index contributed by atoms with van der Waals surface area (Å²) in [5, 5.41) is 10.9. The van der Waals surface area contributed by atoms with Crippen LogP contribution in [0.15, 0.2) is 30.3 Å². The van der Waals surface area contributed by atoms with Crippen molar-refractivity contribution in [3.8, 4) is 0 Å². The maximum absolute atomic E-state index is 12.8. The summed E-state index contributed by atoms with van der Waals surface area (Å²) in [7, 11) is -2.47. The van der Waals surface area contributed by atoms with E-state index < -0.39 is 12.7 Å². The minimum absolute atomic E-state index is 0.320. The van der Waals surface area contributed by atoms with Gasteiger partial charge in [0.15, 0.2) is 0 Å². The lowest BCUT2D eigenvalue weighted by molar-refractivity contribution is 0.0820. The summed E-state index contributed by atoms with van der Waals surface area (Å²) >= 11 is 3.41. The zero-order valence-electron chi connectivity index (χ0n) is 8.56. The Morgan fingerprint density at radius 2 is 2.07 bits per heavy atom. The topological polar surface area (TPSA) is 37.3 Å². The van der Waals surface area contributed by atoms with Crippen molar-refractivity contribution in [1.82, 2.24) is 0 Å². The van der Waals surface area contributed by atoms with Gasteiger partial charge < -0.3 is 9.67 Å². The fourth-order valence-electron chi connectivity index (χ4n) is 2.01. The normalized spacial score (nSPS) is 40.6. The monoisotopic (exact) mass is 288 g/mol.